The smallest absolute Gasteiger partial charge is 0.410 e. The summed E-state index contributed by atoms with van der Waals surface area (Å²) < 4.78 is 10.1. The lowest BCUT2D eigenvalue weighted by atomic mass is 10.1. The predicted octanol–water partition coefficient (Wildman–Crippen LogP) is 1.65. The third kappa shape index (κ3) is 4.33. The highest BCUT2D eigenvalue weighted by Gasteiger charge is 2.34. The summed E-state index contributed by atoms with van der Waals surface area (Å²) in [6, 6.07) is 6.77. The van der Waals surface area contributed by atoms with Gasteiger partial charge in [-0.25, -0.2) is 14.6 Å². The van der Waals surface area contributed by atoms with E-state index in [0.29, 0.717) is 24.5 Å². The minimum atomic E-state index is -0.533. The topological polar surface area (TPSA) is 106 Å². The Balaban J connectivity index is 1.63. The monoisotopic (exact) mass is 386 g/mol. The lowest BCUT2D eigenvalue weighted by Crippen LogP contribution is -2.43. The Morgan fingerprint density at radius 1 is 1.25 bits per heavy atom. The maximum atomic E-state index is 12.3. The molecule has 0 aliphatic carbocycles. The van der Waals surface area contributed by atoms with Gasteiger partial charge in [0.1, 0.15) is 17.6 Å². The van der Waals surface area contributed by atoms with Crippen molar-refractivity contribution in [3.8, 4) is 0 Å². The van der Waals surface area contributed by atoms with E-state index in [9.17, 15) is 9.59 Å². The van der Waals surface area contributed by atoms with E-state index >= 15 is 0 Å². The van der Waals surface area contributed by atoms with Crippen LogP contribution in [0.2, 0.25) is 0 Å². The molecule has 2 heterocycles. The summed E-state index contributed by atoms with van der Waals surface area (Å²) in [6.45, 7) is 6.46. The van der Waals surface area contributed by atoms with Crippen LogP contribution in [0.5, 0.6) is 0 Å². The Labute approximate surface area is 164 Å². The number of nitrogens with zero attached hydrogens (tertiary/aromatic N) is 2. The molecule has 3 rings (SSSR count). The van der Waals surface area contributed by atoms with E-state index in [1.807, 2.05) is 26.8 Å². The van der Waals surface area contributed by atoms with Crippen LogP contribution in [0.3, 0.4) is 0 Å². The van der Waals surface area contributed by atoms with Crippen molar-refractivity contribution in [3.63, 3.8) is 0 Å². The van der Waals surface area contributed by atoms with Crippen molar-refractivity contribution in [1.29, 1.82) is 0 Å². The third-order valence-electron chi connectivity index (χ3n) is 4.49. The highest BCUT2D eigenvalue weighted by Crippen LogP contribution is 2.22. The fourth-order valence-electron chi connectivity index (χ4n) is 3.11. The number of carbonyl (C=O) groups excluding carboxylic acids is 2. The molecule has 0 aromatic heterocycles. The Hall–Kier alpha value is -2.87. The van der Waals surface area contributed by atoms with Gasteiger partial charge in [0, 0.05) is 18.7 Å². The number of nitrogens with one attached hydrogen (secondary N) is 1. The predicted molar refractivity (Wildman–Crippen MR) is 105 cm³/mol. The molecule has 0 bridgehead atoms. The van der Waals surface area contributed by atoms with Crippen LogP contribution in [0, 0.1) is 0 Å². The molecule has 2 aliphatic rings. The Morgan fingerprint density at radius 2 is 1.93 bits per heavy atom. The second-order valence-corrected chi connectivity index (χ2v) is 7.80. The van der Waals surface area contributed by atoms with Crippen molar-refractivity contribution in [2.45, 2.75) is 38.6 Å². The summed E-state index contributed by atoms with van der Waals surface area (Å²) in [4.78, 5) is 29.9. The number of aliphatic imine (C=N–C) groups is 1. The molecule has 8 heteroatoms. The molecule has 3 N–H and O–H groups in total. The molecular weight excluding hydrogens is 360 g/mol. The molecule has 0 radical (unpaired) electrons. The first-order chi connectivity index (χ1) is 13.2. The number of methoxy groups -OCH3 is 1. The van der Waals surface area contributed by atoms with Crippen LogP contribution in [-0.4, -0.2) is 60.8 Å². The molecule has 2 atom stereocenters. The van der Waals surface area contributed by atoms with Crippen LogP contribution in [0.25, 0.3) is 0 Å². The zero-order valence-corrected chi connectivity index (χ0v) is 16.6. The van der Waals surface area contributed by atoms with Crippen molar-refractivity contribution in [2.24, 2.45) is 10.7 Å². The summed E-state index contributed by atoms with van der Waals surface area (Å²) in [7, 11) is 1.35. The number of amides is 1. The molecule has 2 unspecified atom stereocenters. The van der Waals surface area contributed by atoms with Gasteiger partial charge in [0.15, 0.2) is 0 Å². The minimum absolute atomic E-state index is 0.192. The Kier molecular flexibility index (Phi) is 5.42. The van der Waals surface area contributed by atoms with Gasteiger partial charge in [0.25, 0.3) is 0 Å². The van der Waals surface area contributed by atoms with E-state index in [1.165, 1.54) is 7.11 Å². The van der Waals surface area contributed by atoms with Gasteiger partial charge >= 0.3 is 12.1 Å². The van der Waals surface area contributed by atoms with Gasteiger partial charge in [-0.2, -0.15) is 0 Å². The highest BCUT2D eigenvalue weighted by atomic mass is 16.6. The quantitative estimate of drug-likeness (QED) is 0.604. The molecule has 0 fully saturated rings. The normalized spacial score (nSPS) is 21.7. The summed E-state index contributed by atoms with van der Waals surface area (Å²) in [6.07, 6.45) is 1.19. The van der Waals surface area contributed by atoms with Crippen molar-refractivity contribution in [2.75, 3.05) is 20.2 Å². The van der Waals surface area contributed by atoms with Crippen molar-refractivity contribution >= 4 is 17.9 Å². The number of rotatable bonds is 3. The fraction of sp³-hybridized carbons (Fsp3) is 0.450. The van der Waals surface area contributed by atoms with E-state index in [2.05, 4.69) is 10.3 Å². The van der Waals surface area contributed by atoms with Gasteiger partial charge in [-0.1, -0.05) is 18.2 Å². The van der Waals surface area contributed by atoms with Crippen molar-refractivity contribution in [1.82, 2.24) is 10.2 Å². The second-order valence-electron chi connectivity index (χ2n) is 7.80. The number of esters is 1. The highest BCUT2D eigenvalue weighted by molar-refractivity contribution is 6.01. The lowest BCUT2D eigenvalue weighted by Gasteiger charge is -2.25. The average molecular weight is 386 g/mol. The molecule has 1 amide bonds. The molecule has 8 nitrogen and oxygen atoms in total. The average Bonchev–Trinajstić information content (AvgIpc) is 3.26. The van der Waals surface area contributed by atoms with Gasteiger partial charge in [-0.05, 0) is 38.5 Å². The Bertz CT molecular complexity index is 824. The molecule has 0 saturated heterocycles. The number of ether oxygens (including phenoxy) is 2. The minimum Gasteiger partial charge on any atom is -0.465 e. The third-order valence-corrected chi connectivity index (χ3v) is 4.49. The van der Waals surface area contributed by atoms with E-state index < -0.39 is 11.8 Å². The molecule has 0 saturated carbocycles. The maximum absolute atomic E-state index is 12.3. The molecular formula is C20H26N4O4. The summed E-state index contributed by atoms with van der Waals surface area (Å²) >= 11 is 0. The SMILES string of the molecule is COC(=O)c1ccc(C2=NC(N)C(C3=CCN(C(=O)OC(C)(C)C)C3)N2)cc1. The number of hydrogen-bond donors (Lipinski definition) is 2. The molecule has 1 aromatic carbocycles. The van der Waals surface area contributed by atoms with Crippen LogP contribution < -0.4 is 11.1 Å². The number of hydrogen-bond acceptors (Lipinski definition) is 7. The summed E-state index contributed by atoms with van der Waals surface area (Å²) in [5.41, 5.74) is 7.98. The summed E-state index contributed by atoms with van der Waals surface area (Å²) in [5.74, 6) is 0.270. The van der Waals surface area contributed by atoms with Gasteiger partial charge in [0.2, 0.25) is 0 Å². The van der Waals surface area contributed by atoms with Crippen LogP contribution in [0.1, 0.15) is 36.7 Å². The van der Waals surface area contributed by atoms with Gasteiger partial charge in [-0.15, -0.1) is 0 Å². The Morgan fingerprint density at radius 3 is 2.54 bits per heavy atom. The zero-order chi connectivity index (χ0) is 20.5. The van der Waals surface area contributed by atoms with Gasteiger partial charge in [0.05, 0.1) is 18.7 Å². The number of nitrogens with two attached hydrogens (primary N) is 1. The van der Waals surface area contributed by atoms with Gasteiger partial charge in [-0.3, -0.25) is 0 Å². The van der Waals surface area contributed by atoms with E-state index in [0.717, 1.165) is 11.1 Å². The van der Waals surface area contributed by atoms with Crippen LogP contribution >= 0.6 is 0 Å². The molecule has 150 valence electrons. The zero-order valence-electron chi connectivity index (χ0n) is 16.6. The fourth-order valence-corrected chi connectivity index (χ4v) is 3.11. The lowest BCUT2D eigenvalue weighted by molar-refractivity contribution is 0.0300. The van der Waals surface area contributed by atoms with Crippen LogP contribution in [0.4, 0.5) is 4.79 Å². The van der Waals surface area contributed by atoms with Crippen molar-refractivity contribution < 1.29 is 19.1 Å². The second kappa shape index (κ2) is 7.63. The van der Waals surface area contributed by atoms with Gasteiger partial charge < -0.3 is 25.4 Å². The van der Waals surface area contributed by atoms with Crippen molar-refractivity contribution in [3.05, 3.63) is 47.0 Å². The first-order valence-corrected chi connectivity index (χ1v) is 9.13. The van der Waals surface area contributed by atoms with Crippen LogP contribution in [-0.2, 0) is 9.47 Å². The first-order valence-electron chi connectivity index (χ1n) is 9.13. The molecule has 28 heavy (non-hydrogen) atoms. The molecule has 1 aromatic rings. The number of benzene rings is 1. The first kappa shape index (κ1) is 19.9. The van der Waals surface area contributed by atoms with E-state index in [1.54, 1.807) is 29.2 Å². The number of amidine groups is 1. The molecule has 0 spiro atoms. The summed E-state index contributed by atoms with van der Waals surface area (Å²) in [5, 5.41) is 3.33. The largest absolute Gasteiger partial charge is 0.465 e. The van der Waals surface area contributed by atoms with Crippen LogP contribution in [0.15, 0.2) is 40.9 Å². The molecule has 2 aliphatic heterocycles. The number of carbonyl (C=O) groups is 2. The van der Waals surface area contributed by atoms with E-state index in [4.69, 9.17) is 15.2 Å². The standard InChI is InChI=1S/C20H26N4O4/c1-20(2,3)28-19(26)24-10-9-14(11-24)15-16(21)23-17(22-15)12-5-7-13(8-6-12)18(25)27-4/h5-9,15-16H,10-11,21H2,1-4H3,(H,22,23). The van der Waals surface area contributed by atoms with E-state index in [-0.39, 0.29) is 18.1 Å². The maximum Gasteiger partial charge on any atom is 0.410 e.